The van der Waals surface area contributed by atoms with Gasteiger partial charge in [0, 0.05) is 38.3 Å². The lowest BCUT2D eigenvalue weighted by atomic mass is 9.71. The molecule has 0 saturated carbocycles. The van der Waals surface area contributed by atoms with Gasteiger partial charge >= 0.3 is 6.03 Å². The normalized spacial score (nSPS) is 23.0. The first-order valence-corrected chi connectivity index (χ1v) is 8.28. The van der Waals surface area contributed by atoms with Gasteiger partial charge in [-0.3, -0.25) is 0 Å². The third kappa shape index (κ3) is 4.60. The minimum atomic E-state index is -0.147. The number of nitrogens with one attached hydrogen (secondary N) is 1. The van der Waals surface area contributed by atoms with Gasteiger partial charge in [-0.05, 0) is 44.4 Å². The summed E-state index contributed by atoms with van der Waals surface area (Å²) in [6.45, 7) is 18.5. The van der Waals surface area contributed by atoms with Crippen molar-refractivity contribution in [2.24, 2.45) is 10.8 Å². The molecule has 2 heterocycles. The minimum absolute atomic E-state index is 0.100. The van der Waals surface area contributed by atoms with E-state index in [9.17, 15) is 4.79 Å². The average Bonchev–Trinajstić information content (AvgIpc) is 2.23. The molecule has 4 heteroatoms. The van der Waals surface area contributed by atoms with E-state index in [1.54, 1.807) is 0 Å². The zero-order valence-corrected chi connectivity index (χ0v) is 14.8. The fraction of sp³-hybridized carbons (Fsp3) is 0.941. The molecule has 4 nitrogen and oxygen atoms in total. The van der Waals surface area contributed by atoms with Crippen LogP contribution in [0.2, 0.25) is 0 Å². The van der Waals surface area contributed by atoms with E-state index in [-0.39, 0.29) is 11.6 Å². The van der Waals surface area contributed by atoms with Crippen LogP contribution in [0.15, 0.2) is 0 Å². The lowest BCUT2D eigenvalue weighted by Gasteiger charge is -2.55. The van der Waals surface area contributed by atoms with Crippen LogP contribution < -0.4 is 5.32 Å². The summed E-state index contributed by atoms with van der Waals surface area (Å²) in [5.41, 5.74) is 0.727. The van der Waals surface area contributed by atoms with Gasteiger partial charge in [0.2, 0.25) is 0 Å². The fourth-order valence-electron chi connectivity index (χ4n) is 3.59. The number of amides is 2. The zero-order chi connectivity index (χ0) is 15.9. The van der Waals surface area contributed by atoms with Gasteiger partial charge in [0.25, 0.3) is 0 Å². The van der Waals surface area contributed by atoms with Gasteiger partial charge in [-0.1, -0.05) is 20.8 Å². The van der Waals surface area contributed by atoms with E-state index in [1.165, 1.54) is 19.6 Å². The molecule has 0 bridgehead atoms. The first kappa shape index (κ1) is 16.6. The first-order chi connectivity index (χ1) is 9.48. The highest BCUT2D eigenvalue weighted by Gasteiger charge is 2.46. The van der Waals surface area contributed by atoms with Crippen LogP contribution in [0.25, 0.3) is 0 Å². The van der Waals surface area contributed by atoms with E-state index in [1.807, 2.05) is 25.7 Å². The highest BCUT2D eigenvalue weighted by molar-refractivity contribution is 5.75. The van der Waals surface area contributed by atoms with Crippen LogP contribution in [-0.2, 0) is 0 Å². The Morgan fingerprint density at radius 1 is 1.05 bits per heavy atom. The highest BCUT2D eigenvalue weighted by Crippen LogP contribution is 2.41. The number of carbonyl (C=O) groups excluding carboxylic acids is 1. The SMILES string of the molecule is CC(C)(C)CN1CC2(CCN(C(=O)NC(C)(C)C)CC2)C1. The number of likely N-dealkylation sites (tertiary alicyclic amines) is 2. The Kier molecular flexibility index (Phi) is 4.31. The molecule has 2 aliphatic rings. The van der Waals surface area contributed by atoms with Crippen molar-refractivity contribution in [1.82, 2.24) is 15.1 Å². The van der Waals surface area contributed by atoms with Crippen LogP contribution in [0.5, 0.6) is 0 Å². The summed E-state index contributed by atoms with van der Waals surface area (Å²) in [7, 11) is 0. The Bertz CT molecular complexity index is 376. The molecule has 2 aliphatic heterocycles. The Hall–Kier alpha value is -0.770. The Labute approximate surface area is 130 Å². The third-order valence-corrected chi connectivity index (χ3v) is 4.41. The molecule has 122 valence electrons. The lowest BCUT2D eigenvalue weighted by molar-refractivity contribution is -0.0536. The van der Waals surface area contributed by atoms with Crippen LogP contribution in [-0.4, -0.2) is 54.1 Å². The summed E-state index contributed by atoms with van der Waals surface area (Å²) in [5, 5.41) is 3.07. The molecule has 0 radical (unpaired) electrons. The Morgan fingerprint density at radius 3 is 2.00 bits per heavy atom. The van der Waals surface area contributed by atoms with Gasteiger partial charge in [-0.2, -0.15) is 0 Å². The molecule has 0 aromatic carbocycles. The van der Waals surface area contributed by atoms with Crippen LogP contribution >= 0.6 is 0 Å². The summed E-state index contributed by atoms with van der Waals surface area (Å²) < 4.78 is 0. The molecule has 0 unspecified atom stereocenters. The summed E-state index contributed by atoms with van der Waals surface area (Å²) in [6.07, 6.45) is 2.32. The van der Waals surface area contributed by atoms with Crippen molar-refractivity contribution in [2.75, 3.05) is 32.7 Å². The van der Waals surface area contributed by atoms with E-state index in [0.717, 1.165) is 25.9 Å². The van der Waals surface area contributed by atoms with E-state index >= 15 is 0 Å². The molecule has 21 heavy (non-hydrogen) atoms. The summed E-state index contributed by atoms with van der Waals surface area (Å²) in [6, 6.07) is 0.100. The van der Waals surface area contributed by atoms with E-state index in [2.05, 4.69) is 31.0 Å². The van der Waals surface area contributed by atoms with Gasteiger partial charge in [0.15, 0.2) is 0 Å². The van der Waals surface area contributed by atoms with Crippen molar-refractivity contribution in [3.8, 4) is 0 Å². The smallest absolute Gasteiger partial charge is 0.317 e. The second kappa shape index (κ2) is 5.45. The van der Waals surface area contributed by atoms with Gasteiger partial charge in [0.1, 0.15) is 0 Å². The van der Waals surface area contributed by atoms with Crippen molar-refractivity contribution >= 4 is 6.03 Å². The predicted octanol–water partition coefficient (Wildman–Crippen LogP) is 2.94. The standard InChI is InChI=1S/C17H33N3O/c1-15(2,3)11-19-12-17(13-19)7-9-20(10-8-17)14(21)18-16(4,5)6/h7-13H2,1-6H3,(H,18,21). The number of hydrogen-bond acceptors (Lipinski definition) is 2. The van der Waals surface area contributed by atoms with Crippen molar-refractivity contribution in [3.05, 3.63) is 0 Å². The third-order valence-electron chi connectivity index (χ3n) is 4.41. The van der Waals surface area contributed by atoms with Crippen molar-refractivity contribution < 1.29 is 4.79 Å². The second-order valence-electron chi connectivity index (χ2n) is 9.37. The molecule has 0 atom stereocenters. The van der Waals surface area contributed by atoms with Gasteiger partial charge in [-0.25, -0.2) is 4.79 Å². The summed E-state index contributed by atoms with van der Waals surface area (Å²) in [5.74, 6) is 0. The summed E-state index contributed by atoms with van der Waals surface area (Å²) in [4.78, 5) is 16.8. The number of urea groups is 1. The van der Waals surface area contributed by atoms with Crippen LogP contribution in [0.3, 0.4) is 0 Å². The monoisotopic (exact) mass is 295 g/mol. The Morgan fingerprint density at radius 2 is 1.57 bits per heavy atom. The highest BCUT2D eigenvalue weighted by atomic mass is 16.2. The molecule has 2 amide bonds. The van der Waals surface area contributed by atoms with Crippen LogP contribution in [0.4, 0.5) is 4.79 Å². The molecule has 0 aliphatic carbocycles. The molecular formula is C17H33N3O. The second-order valence-corrected chi connectivity index (χ2v) is 9.37. The predicted molar refractivity (Wildman–Crippen MR) is 87.4 cm³/mol. The number of rotatable bonds is 1. The molecule has 0 aromatic heterocycles. The average molecular weight is 295 g/mol. The van der Waals surface area contributed by atoms with Crippen molar-refractivity contribution in [2.45, 2.75) is 59.9 Å². The molecule has 1 spiro atoms. The van der Waals surface area contributed by atoms with Crippen LogP contribution in [0.1, 0.15) is 54.4 Å². The van der Waals surface area contributed by atoms with Gasteiger partial charge in [-0.15, -0.1) is 0 Å². The first-order valence-electron chi connectivity index (χ1n) is 8.28. The van der Waals surface area contributed by atoms with Gasteiger partial charge in [0.05, 0.1) is 0 Å². The van der Waals surface area contributed by atoms with E-state index < -0.39 is 0 Å². The lowest BCUT2D eigenvalue weighted by Crippen LogP contribution is -2.62. The van der Waals surface area contributed by atoms with E-state index in [4.69, 9.17) is 0 Å². The summed E-state index contributed by atoms with van der Waals surface area (Å²) >= 11 is 0. The largest absolute Gasteiger partial charge is 0.333 e. The maximum Gasteiger partial charge on any atom is 0.317 e. The number of piperidine rings is 1. The number of hydrogen-bond donors (Lipinski definition) is 1. The number of carbonyl (C=O) groups is 1. The molecular weight excluding hydrogens is 262 g/mol. The molecule has 0 aromatic rings. The van der Waals surface area contributed by atoms with Crippen LogP contribution in [0, 0.1) is 10.8 Å². The molecule has 2 fully saturated rings. The zero-order valence-electron chi connectivity index (χ0n) is 14.8. The molecule has 2 saturated heterocycles. The minimum Gasteiger partial charge on any atom is -0.333 e. The molecule has 2 rings (SSSR count). The fourth-order valence-corrected chi connectivity index (χ4v) is 3.59. The van der Waals surface area contributed by atoms with Crippen molar-refractivity contribution in [1.29, 1.82) is 0 Å². The van der Waals surface area contributed by atoms with E-state index in [0.29, 0.717) is 10.8 Å². The van der Waals surface area contributed by atoms with Gasteiger partial charge < -0.3 is 15.1 Å². The van der Waals surface area contributed by atoms with Crippen molar-refractivity contribution in [3.63, 3.8) is 0 Å². The number of nitrogens with zero attached hydrogens (tertiary/aromatic N) is 2. The Balaban J connectivity index is 1.76. The topological polar surface area (TPSA) is 35.6 Å². The maximum atomic E-state index is 12.2. The maximum absolute atomic E-state index is 12.2. The molecule has 1 N–H and O–H groups in total. The quantitative estimate of drug-likeness (QED) is 0.807.